The third kappa shape index (κ3) is 4.56. The number of nitrogens with zero attached hydrogens (tertiary/aromatic N) is 2. The third-order valence-electron chi connectivity index (χ3n) is 5.18. The van der Waals surface area contributed by atoms with Crippen molar-refractivity contribution < 1.29 is 17.5 Å². The molecule has 2 aromatic carbocycles. The van der Waals surface area contributed by atoms with E-state index in [1.54, 1.807) is 50.2 Å². The summed E-state index contributed by atoms with van der Waals surface area (Å²) in [6, 6.07) is 12.9. The van der Waals surface area contributed by atoms with Gasteiger partial charge in [-0.3, -0.25) is 0 Å². The minimum atomic E-state index is -3.56. The number of fused-ring (bicyclic) bond motifs is 1. The third-order valence-corrected chi connectivity index (χ3v) is 6.86. The van der Waals surface area contributed by atoms with E-state index < -0.39 is 10.0 Å². The van der Waals surface area contributed by atoms with Crippen LogP contribution in [-0.2, 0) is 27.7 Å². The number of benzene rings is 2. The van der Waals surface area contributed by atoms with Crippen LogP contribution in [0.15, 0.2) is 53.4 Å². The molecule has 31 heavy (non-hydrogen) atoms. The first-order valence-corrected chi connectivity index (χ1v) is 11.8. The Balaban J connectivity index is 1.78. The molecule has 0 radical (unpaired) electrons. The summed E-state index contributed by atoms with van der Waals surface area (Å²) in [6.07, 6.45) is 0.708. The summed E-state index contributed by atoms with van der Waals surface area (Å²) < 4.78 is 48.9. The second-order valence-corrected chi connectivity index (χ2v) is 9.79. The summed E-state index contributed by atoms with van der Waals surface area (Å²) in [5, 5.41) is 0. The van der Waals surface area contributed by atoms with Gasteiger partial charge in [0.1, 0.15) is 11.6 Å². The van der Waals surface area contributed by atoms with Crippen molar-refractivity contribution in [1.29, 1.82) is 0 Å². The molecule has 3 aromatic rings. The number of aromatic nitrogens is 2. The van der Waals surface area contributed by atoms with Gasteiger partial charge in [-0.05, 0) is 57.2 Å². The summed E-state index contributed by atoms with van der Waals surface area (Å²) in [5.74, 6) is 0.454. The Labute approximate surface area is 182 Å². The molecule has 4 rings (SSSR count). The number of imidazole rings is 1. The minimum Gasteiger partial charge on any atom is -0.376 e. The Bertz CT molecular complexity index is 1170. The molecule has 0 bridgehead atoms. The van der Waals surface area contributed by atoms with Crippen LogP contribution >= 0.6 is 0 Å². The molecule has 0 fully saturated rings. The summed E-state index contributed by atoms with van der Waals surface area (Å²) in [6.45, 7) is 6.80. The zero-order valence-electron chi connectivity index (χ0n) is 17.8. The van der Waals surface area contributed by atoms with Crippen LogP contribution in [0.2, 0.25) is 0 Å². The molecule has 0 saturated heterocycles. The quantitative estimate of drug-likeness (QED) is 0.647. The number of sulfonamides is 1. The first-order valence-electron chi connectivity index (χ1n) is 10.3. The molecule has 6 nitrogen and oxygen atoms in total. The van der Waals surface area contributed by atoms with E-state index in [1.165, 1.54) is 12.1 Å². The number of nitrogens with one attached hydrogen (secondary N) is 1. The van der Waals surface area contributed by atoms with Crippen LogP contribution in [0.1, 0.15) is 26.5 Å². The highest BCUT2D eigenvalue weighted by Crippen LogP contribution is 2.32. The van der Waals surface area contributed by atoms with E-state index >= 15 is 0 Å². The maximum atomic E-state index is 13.5. The fourth-order valence-electron chi connectivity index (χ4n) is 3.82. The smallest absolute Gasteiger partial charge is 0.240 e. The summed E-state index contributed by atoms with van der Waals surface area (Å²) in [7, 11) is -3.56. The highest BCUT2D eigenvalue weighted by atomic mass is 32.2. The van der Waals surface area contributed by atoms with Crippen molar-refractivity contribution in [2.45, 2.75) is 50.8 Å². The van der Waals surface area contributed by atoms with Gasteiger partial charge in [-0.25, -0.2) is 22.5 Å². The predicted molar refractivity (Wildman–Crippen MR) is 118 cm³/mol. The van der Waals surface area contributed by atoms with Gasteiger partial charge in [-0.15, -0.1) is 0 Å². The molecule has 1 aliphatic rings. The molecule has 8 heteroatoms. The Morgan fingerprint density at radius 3 is 2.39 bits per heavy atom. The molecule has 1 aromatic heterocycles. The van der Waals surface area contributed by atoms with Crippen molar-refractivity contribution in [2.75, 3.05) is 6.61 Å². The summed E-state index contributed by atoms with van der Waals surface area (Å²) in [4.78, 5) is 5.11. The normalized spacial score (nSPS) is 16.9. The largest absolute Gasteiger partial charge is 0.376 e. The highest BCUT2D eigenvalue weighted by molar-refractivity contribution is 7.89. The van der Waals surface area contributed by atoms with Crippen molar-refractivity contribution >= 4 is 10.0 Å². The van der Waals surface area contributed by atoms with Gasteiger partial charge in [0.05, 0.1) is 29.8 Å². The number of ether oxygens (including phenoxy) is 1. The van der Waals surface area contributed by atoms with Crippen LogP contribution < -0.4 is 4.72 Å². The van der Waals surface area contributed by atoms with Crippen LogP contribution in [0.3, 0.4) is 0 Å². The molecule has 0 saturated carbocycles. The van der Waals surface area contributed by atoms with Crippen molar-refractivity contribution in [3.63, 3.8) is 0 Å². The van der Waals surface area contributed by atoms with Crippen LogP contribution in [0.25, 0.3) is 22.6 Å². The van der Waals surface area contributed by atoms with Crippen molar-refractivity contribution in [2.24, 2.45) is 0 Å². The number of hydrogen-bond acceptors (Lipinski definition) is 4. The van der Waals surface area contributed by atoms with Crippen LogP contribution in [0, 0.1) is 5.82 Å². The van der Waals surface area contributed by atoms with E-state index in [4.69, 9.17) is 9.72 Å². The van der Waals surface area contributed by atoms with Crippen molar-refractivity contribution in [3.8, 4) is 22.6 Å². The van der Waals surface area contributed by atoms with E-state index in [0.717, 1.165) is 28.3 Å². The molecule has 0 aliphatic carbocycles. The Kier molecular flexibility index (Phi) is 5.96. The maximum absolute atomic E-state index is 13.5. The van der Waals surface area contributed by atoms with Crippen LogP contribution in [0.4, 0.5) is 4.39 Å². The van der Waals surface area contributed by atoms with Gasteiger partial charge in [-0.2, -0.15) is 0 Å². The zero-order chi connectivity index (χ0) is 22.2. The molecule has 1 aliphatic heterocycles. The van der Waals surface area contributed by atoms with Gasteiger partial charge < -0.3 is 9.30 Å². The molecule has 2 heterocycles. The molecule has 1 N–H and O–H groups in total. The fraction of sp³-hybridized carbons (Fsp3) is 0.348. The van der Waals surface area contributed by atoms with E-state index in [1.807, 2.05) is 6.92 Å². The monoisotopic (exact) mass is 443 g/mol. The highest BCUT2D eigenvalue weighted by Gasteiger charge is 2.24. The second kappa shape index (κ2) is 8.53. The van der Waals surface area contributed by atoms with E-state index in [0.29, 0.717) is 19.6 Å². The topological polar surface area (TPSA) is 73.2 Å². The van der Waals surface area contributed by atoms with E-state index in [2.05, 4.69) is 9.29 Å². The summed E-state index contributed by atoms with van der Waals surface area (Å²) in [5.41, 5.74) is 3.47. The van der Waals surface area contributed by atoms with Crippen LogP contribution in [-0.4, -0.2) is 36.7 Å². The van der Waals surface area contributed by atoms with Gasteiger partial charge in [-0.1, -0.05) is 12.1 Å². The number of hydrogen-bond donors (Lipinski definition) is 1. The lowest BCUT2D eigenvalue weighted by Gasteiger charge is -2.12. The average molecular weight is 444 g/mol. The molecule has 164 valence electrons. The first kappa shape index (κ1) is 21.7. The SMILES string of the molecule is CC(C)NS(=O)(=O)c1ccc(-c2nc(-c3ccc(F)cc3)n3c2CCOC(C)C3)cc1. The maximum Gasteiger partial charge on any atom is 0.240 e. The van der Waals surface area contributed by atoms with Crippen molar-refractivity contribution in [3.05, 3.63) is 60.0 Å². The lowest BCUT2D eigenvalue weighted by molar-refractivity contribution is 0.0666. The molecule has 1 atom stereocenters. The van der Waals surface area contributed by atoms with Gasteiger partial charge in [0.2, 0.25) is 10.0 Å². The van der Waals surface area contributed by atoms with Gasteiger partial charge >= 0.3 is 0 Å². The molecule has 0 spiro atoms. The molecule has 1 unspecified atom stereocenters. The first-order chi connectivity index (χ1) is 14.7. The standard InChI is InChI=1S/C23H26FN3O3S/c1-15(2)26-31(28,29)20-10-6-17(7-11-20)22-21-12-13-30-16(3)14-27(21)23(25-22)18-4-8-19(24)9-5-18/h4-11,15-16,26H,12-14H2,1-3H3. The lowest BCUT2D eigenvalue weighted by Crippen LogP contribution is -2.30. The fourth-order valence-corrected chi connectivity index (χ4v) is 5.07. The van der Waals surface area contributed by atoms with E-state index in [9.17, 15) is 12.8 Å². The zero-order valence-corrected chi connectivity index (χ0v) is 18.6. The Morgan fingerprint density at radius 1 is 1.10 bits per heavy atom. The second-order valence-electron chi connectivity index (χ2n) is 8.08. The van der Waals surface area contributed by atoms with Gasteiger partial charge in [0.15, 0.2) is 0 Å². The Morgan fingerprint density at radius 2 is 1.74 bits per heavy atom. The van der Waals surface area contributed by atoms with E-state index in [-0.39, 0.29) is 22.9 Å². The molecule has 0 amide bonds. The lowest BCUT2D eigenvalue weighted by atomic mass is 10.1. The van der Waals surface area contributed by atoms with Crippen molar-refractivity contribution in [1.82, 2.24) is 14.3 Å². The molecular formula is C23H26FN3O3S. The van der Waals surface area contributed by atoms with Crippen LogP contribution in [0.5, 0.6) is 0 Å². The predicted octanol–water partition coefficient (Wildman–Crippen LogP) is 4.00. The summed E-state index contributed by atoms with van der Waals surface area (Å²) >= 11 is 0. The van der Waals surface area contributed by atoms with Gasteiger partial charge in [0.25, 0.3) is 0 Å². The number of halogens is 1. The minimum absolute atomic E-state index is 0.0251. The average Bonchev–Trinajstić information content (AvgIpc) is 2.94. The number of rotatable bonds is 5. The Hall–Kier alpha value is -2.55. The van der Waals surface area contributed by atoms with Gasteiger partial charge in [0, 0.05) is 29.3 Å². The molecular weight excluding hydrogens is 417 g/mol.